The zero-order valence-electron chi connectivity index (χ0n) is 15.0. The van der Waals surface area contributed by atoms with Gasteiger partial charge in [0.15, 0.2) is 11.5 Å². The summed E-state index contributed by atoms with van der Waals surface area (Å²) in [4.78, 5) is 12.0. The molecule has 0 saturated heterocycles. The zero-order chi connectivity index (χ0) is 17.7. The van der Waals surface area contributed by atoms with Crippen LogP contribution in [-0.4, -0.2) is 41.0 Å². The van der Waals surface area contributed by atoms with Gasteiger partial charge in [-0.2, -0.15) is 0 Å². The van der Waals surface area contributed by atoms with Crippen molar-refractivity contribution in [3.8, 4) is 17.2 Å². The van der Waals surface area contributed by atoms with E-state index in [2.05, 4.69) is 0 Å². The summed E-state index contributed by atoms with van der Waals surface area (Å²) in [5.74, 6) is 1.90. The van der Waals surface area contributed by atoms with E-state index in [4.69, 9.17) is 23.7 Å². The Morgan fingerprint density at radius 2 is 1.83 bits per heavy atom. The molecule has 0 amide bonds. The number of methoxy groups -OCH3 is 4. The van der Waals surface area contributed by atoms with Crippen molar-refractivity contribution >= 4 is 5.78 Å². The maximum atomic E-state index is 12.0. The van der Waals surface area contributed by atoms with E-state index >= 15 is 0 Å². The van der Waals surface area contributed by atoms with E-state index in [1.54, 1.807) is 35.4 Å². The van der Waals surface area contributed by atoms with Crippen molar-refractivity contribution in [3.05, 3.63) is 17.2 Å². The van der Waals surface area contributed by atoms with E-state index in [-0.39, 0.29) is 24.6 Å². The first kappa shape index (κ1) is 18.5. The number of ketones is 1. The molecule has 6 heteroatoms. The number of ether oxygens (including phenoxy) is 5. The van der Waals surface area contributed by atoms with Gasteiger partial charge in [-0.25, -0.2) is 0 Å². The molecule has 0 aromatic heterocycles. The Bertz CT molecular complexity index is 583. The number of benzene rings is 1. The number of hydrogen-bond acceptors (Lipinski definition) is 6. The summed E-state index contributed by atoms with van der Waals surface area (Å²) in [7, 11) is 6.36. The van der Waals surface area contributed by atoms with E-state index < -0.39 is 0 Å². The number of rotatable bonds is 7. The highest BCUT2D eigenvalue weighted by Gasteiger charge is 2.32. The summed E-state index contributed by atoms with van der Waals surface area (Å²) in [6.45, 7) is 1.79. The van der Waals surface area contributed by atoms with E-state index in [1.165, 1.54) is 0 Å². The van der Waals surface area contributed by atoms with Crippen LogP contribution in [0.5, 0.6) is 17.2 Å². The molecular formula is C18H26O6. The molecule has 2 rings (SSSR count). The molecule has 24 heavy (non-hydrogen) atoms. The van der Waals surface area contributed by atoms with E-state index in [1.807, 2.05) is 6.07 Å². The molecule has 0 fully saturated rings. The van der Waals surface area contributed by atoms with E-state index in [9.17, 15) is 4.79 Å². The lowest BCUT2D eigenvalue weighted by molar-refractivity contribution is -0.124. The molecule has 0 heterocycles. The molecule has 1 aromatic carbocycles. The molecule has 1 aliphatic carbocycles. The highest BCUT2D eigenvalue weighted by Crippen LogP contribution is 2.47. The van der Waals surface area contributed by atoms with Crippen LogP contribution < -0.4 is 14.2 Å². The van der Waals surface area contributed by atoms with Gasteiger partial charge in [0.2, 0.25) is 5.75 Å². The SMILES string of the molecule is COCOC1C[C@H](C(C)=O)CCc2c1cc(OC)c(OC)c2OC. The molecule has 0 saturated carbocycles. The monoisotopic (exact) mass is 338 g/mol. The Morgan fingerprint density at radius 3 is 2.38 bits per heavy atom. The second-order valence-electron chi connectivity index (χ2n) is 5.86. The molecule has 1 aromatic rings. The fourth-order valence-electron chi connectivity index (χ4n) is 3.28. The number of carbonyl (C=O) groups is 1. The zero-order valence-corrected chi connectivity index (χ0v) is 15.0. The van der Waals surface area contributed by atoms with Crippen LogP contribution in [0.25, 0.3) is 0 Å². The average molecular weight is 338 g/mol. The summed E-state index contributed by atoms with van der Waals surface area (Å²) in [6.07, 6.45) is 1.83. The number of carbonyl (C=O) groups excluding carboxylic acids is 1. The Kier molecular flexibility index (Phi) is 6.45. The third kappa shape index (κ3) is 3.65. The molecule has 2 atom stereocenters. The molecule has 0 aliphatic heterocycles. The maximum absolute atomic E-state index is 12.0. The van der Waals surface area contributed by atoms with E-state index in [0.717, 1.165) is 24.0 Å². The van der Waals surface area contributed by atoms with Gasteiger partial charge >= 0.3 is 0 Å². The topological polar surface area (TPSA) is 63.2 Å². The van der Waals surface area contributed by atoms with Crippen LogP contribution in [0.3, 0.4) is 0 Å². The molecule has 0 bridgehead atoms. The molecular weight excluding hydrogens is 312 g/mol. The fourth-order valence-corrected chi connectivity index (χ4v) is 3.28. The standard InChI is InChI=1S/C18H26O6/c1-11(19)12-6-7-13-14(15(8-12)24-10-20-2)9-16(21-3)18(23-5)17(13)22-4/h9,12,15H,6-8,10H2,1-5H3/t12-,15?/m1/s1. The first-order valence-electron chi connectivity index (χ1n) is 8.00. The summed E-state index contributed by atoms with van der Waals surface area (Å²) >= 11 is 0. The van der Waals surface area contributed by atoms with Crippen LogP contribution in [0.2, 0.25) is 0 Å². The smallest absolute Gasteiger partial charge is 0.203 e. The quantitative estimate of drug-likeness (QED) is 0.563. The van der Waals surface area contributed by atoms with Crippen molar-refractivity contribution in [1.29, 1.82) is 0 Å². The van der Waals surface area contributed by atoms with Gasteiger partial charge in [-0.05, 0) is 37.8 Å². The second kappa shape index (κ2) is 8.35. The Labute approximate surface area is 143 Å². The number of Topliss-reactive ketones (excluding diaryl/α,β-unsaturated/α-hetero) is 1. The summed E-state index contributed by atoms with van der Waals surface area (Å²) in [6, 6.07) is 1.92. The van der Waals surface area contributed by atoms with Crippen LogP contribution >= 0.6 is 0 Å². The average Bonchev–Trinajstić information content (AvgIpc) is 2.77. The second-order valence-corrected chi connectivity index (χ2v) is 5.86. The predicted molar refractivity (Wildman–Crippen MR) is 88.9 cm³/mol. The van der Waals surface area contributed by atoms with E-state index in [0.29, 0.717) is 23.7 Å². The van der Waals surface area contributed by atoms with Crippen molar-refractivity contribution in [2.24, 2.45) is 5.92 Å². The van der Waals surface area contributed by atoms with Gasteiger partial charge in [0, 0.05) is 18.6 Å². The van der Waals surface area contributed by atoms with Crippen molar-refractivity contribution in [1.82, 2.24) is 0 Å². The van der Waals surface area contributed by atoms with Gasteiger partial charge in [-0.15, -0.1) is 0 Å². The molecule has 0 spiro atoms. The van der Waals surface area contributed by atoms with Crippen LogP contribution in [0, 0.1) is 5.92 Å². The minimum Gasteiger partial charge on any atom is -0.493 e. The summed E-state index contributed by atoms with van der Waals surface area (Å²) < 4.78 is 27.5. The largest absolute Gasteiger partial charge is 0.493 e. The fraction of sp³-hybridized carbons (Fsp3) is 0.611. The van der Waals surface area contributed by atoms with Gasteiger partial charge in [0.05, 0.1) is 27.4 Å². The van der Waals surface area contributed by atoms with Gasteiger partial charge < -0.3 is 23.7 Å². The highest BCUT2D eigenvalue weighted by atomic mass is 16.7. The maximum Gasteiger partial charge on any atom is 0.203 e. The number of hydrogen-bond donors (Lipinski definition) is 0. The highest BCUT2D eigenvalue weighted by molar-refractivity contribution is 5.78. The van der Waals surface area contributed by atoms with Crippen molar-refractivity contribution in [2.45, 2.75) is 32.3 Å². The molecule has 0 radical (unpaired) electrons. The first-order chi connectivity index (χ1) is 11.6. The van der Waals surface area contributed by atoms with Crippen molar-refractivity contribution < 1.29 is 28.5 Å². The molecule has 6 nitrogen and oxygen atoms in total. The minimum atomic E-state index is -0.259. The summed E-state index contributed by atoms with van der Waals surface area (Å²) in [5.41, 5.74) is 1.96. The Balaban J connectivity index is 2.56. The van der Waals surface area contributed by atoms with Gasteiger partial charge in [-0.1, -0.05) is 0 Å². The third-order valence-corrected chi connectivity index (χ3v) is 4.52. The van der Waals surface area contributed by atoms with Crippen molar-refractivity contribution in [2.75, 3.05) is 35.2 Å². The number of fused-ring (bicyclic) bond motifs is 1. The summed E-state index contributed by atoms with van der Waals surface area (Å²) in [5, 5.41) is 0. The van der Waals surface area contributed by atoms with Crippen LogP contribution in [0.4, 0.5) is 0 Å². The van der Waals surface area contributed by atoms with Gasteiger partial charge in [-0.3, -0.25) is 4.79 Å². The lowest BCUT2D eigenvalue weighted by atomic mass is 9.94. The first-order valence-corrected chi connectivity index (χ1v) is 8.00. The normalized spacial score (nSPS) is 20.0. The Hall–Kier alpha value is -1.79. The van der Waals surface area contributed by atoms with Gasteiger partial charge in [0.1, 0.15) is 12.6 Å². The molecule has 1 aliphatic rings. The molecule has 0 N–H and O–H groups in total. The lowest BCUT2D eigenvalue weighted by Gasteiger charge is -2.23. The van der Waals surface area contributed by atoms with Crippen LogP contribution in [0.1, 0.15) is 37.0 Å². The predicted octanol–water partition coefficient (Wildman–Crippen LogP) is 2.92. The van der Waals surface area contributed by atoms with Crippen molar-refractivity contribution in [3.63, 3.8) is 0 Å². The lowest BCUT2D eigenvalue weighted by Crippen LogP contribution is -2.16. The minimum absolute atomic E-state index is 0.0547. The Morgan fingerprint density at radius 1 is 1.12 bits per heavy atom. The van der Waals surface area contributed by atoms with Crippen LogP contribution in [0.15, 0.2) is 6.07 Å². The molecule has 134 valence electrons. The molecule has 1 unspecified atom stereocenters. The van der Waals surface area contributed by atoms with Crippen LogP contribution in [-0.2, 0) is 20.7 Å². The van der Waals surface area contributed by atoms with Gasteiger partial charge in [0.25, 0.3) is 0 Å². The third-order valence-electron chi connectivity index (χ3n) is 4.52.